The van der Waals surface area contributed by atoms with Crippen molar-refractivity contribution in [1.82, 2.24) is 4.31 Å². The van der Waals surface area contributed by atoms with Crippen LogP contribution in [0.3, 0.4) is 0 Å². The molecule has 1 atom stereocenters. The number of hydrogen-bond acceptors (Lipinski definition) is 3. The summed E-state index contributed by atoms with van der Waals surface area (Å²) in [6.07, 6.45) is 2.39. The normalized spacial score (nSPS) is 21.3. The Morgan fingerprint density at radius 2 is 1.84 bits per heavy atom. The van der Waals surface area contributed by atoms with Crippen LogP contribution in [-0.4, -0.2) is 32.1 Å². The highest BCUT2D eigenvalue weighted by Crippen LogP contribution is 2.24. The minimum absolute atomic E-state index is 0.172. The van der Waals surface area contributed by atoms with Gasteiger partial charge in [-0.25, -0.2) is 8.42 Å². The quantitative estimate of drug-likeness (QED) is 0.795. The number of aldehydes is 1. The van der Waals surface area contributed by atoms with Crippen LogP contribution in [0.4, 0.5) is 0 Å². The van der Waals surface area contributed by atoms with Crippen molar-refractivity contribution in [3.05, 3.63) is 29.3 Å². The molecule has 0 amide bonds. The molecule has 104 valence electrons. The van der Waals surface area contributed by atoms with Crippen LogP contribution in [0.25, 0.3) is 0 Å². The summed E-state index contributed by atoms with van der Waals surface area (Å²) < 4.78 is 26.6. The van der Waals surface area contributed by atoms with E-state index in [4.69, 9.17) is 0 Å². The number of benzene rings is 1. The van der Waals surface area contributed by atoms with Crippen molar-refractivity contribution in [1.29, 1.82) is 0 Å². The molecule has 0 N–H and O–H groups in total. The smallest absolute Gasteiger partial charge is 0.243 e. The summed E-state index contributed by atoms with van der Waals surface area (Å²) in [4.78, 5) is 11.2. The molecular formula is C14H19NO3S. The summed E-state index contributed by atoms with van der Waals surface area (Å²) in [7, 11) is -3.48. The molecule has 1 heterocycles. The molecule has 0 aromatic heterocycles. The molecule has 2 rings (SSSR count). The summed E-state index contributed by atoms with van der Waals surface area (Å²) in [5.41, 5.74) is 1.87. The molecule has 1 fully saturated rings. The summed E-state index contributed by atoms with van der Waals surface area (Å²) in [5, 5.41) is 0. The summed E-state index contributed by atoms with van der Waals surface area (Å²) in [5.74, 6) is -0.172. The second-order valence-corrected chi connectivity index (χ2v) is 7.16. The fourth-order valence-corrected chi connectivity index (χ4v) is 4.26. The van der Waals surface area contributed by atoms with Gasteiger partial charge < -0.3 is 4.79 Å². The summed E-state index contributed by atoms with van der Waals surface area (Å²) >= 11 is 0. The first-order valence-electron chi connectivity index (χ1n) is 6.47. The van der Waals surface area contributed by atoms with Gasteiger partial charge in [-0.05, 0) is 49.9 Å². The largest absolute Gasteiger partial charge is 0.303 e. The van der Waals surface area contributed by atoms with E-state index in [-0.39, 0.29) is 5.92 Å². The fraction of sp³-hybridized carbons (Fsp3) is 0.500. The van der Waals surface area contributed by atoms with Gasteiger partial charge in [-0.15, -0.1) is 0 Å². The van der Waals surface area contributed by atoms with Crippen molar-refractivity contribution in [3.8, 4) is 0 Å². The maximum atomic E-state index is 12.6. The van der Waals surface area contributed by atoms with E-state index in [2.05, 4.69) is 0 Å². The van der Waals surface area contributed by atoms with E-state index < -0.39 is 10.0 Å². The first-order valence-corrected chi connectivity index (χ1v) is 7.91. The molecule has 1 aliphatic heterocycles. The highest BCUT2D eigenvalue weighted by Gasteiger charge is 2.30. The van der Waals surface area contributed by atoms with Gasteiger partial charge in [0, 0.05) is 19.0 Å². The molecule has 0 aliphatic carbocycles. The van der Waals surface area contributed by atoms with Crippen LogP contribution >= 0.6 is 0 Å². The van der Waals surface area contributed by atoms with Gasteiger partial charge in [0.1, 0.15) is 6.29 Å². The highest BCUT2D eigenvalue weighted by atomic mass is 32.2. The van der Waals surface area contributed by atoms with Crippen molar-refractivity contribution in [2.24, 2.45) is 5.92 Å². The Morgan fingerprint density at radius 1 is 1.21 bits per heavy atom. The maximum Gasteiger partial charge on any atom is 0.243 e. The van der Waals surface area contributed by atoms with E-state index >= 15 is 0 Å². The number of sulfonamides is 1. The minimum atomic E-state index is -3.48. The van der Waals surface area contributed by atoms with E-state index in [9.17, 15) is 13.2 Å². The van der Waals surface area contributed by atoms with Gasteiger partial charge in [0.2, 0.25) is 10.0 Å². The molecule has 1 unspecified atom stereocenters. The van der Waals surface area contributed by atoms with Gasteiger partial charge in [-0.3, -0.25) is 0 Å². The van der Waals surface area contributed by atoms with E-state index in [1.165, 1.54) is 4.31 Å². The monoisotopic (exact) mass is 281 g/mol. The van der Waals surface area contributed by atoms with Crippen molar-refractivity contribution in [3.63, 3.8) is 0 Å². The third-order valence-corrected chi connectivity index (χ3v) is 5.29. The second-order valence-electron chi connectivity index (χ2n) is 5.22. The first kappa shape index (κ1) is 14.2. The van der Waals surface area contributed by atoms with Gasteiger partial charge in [0.15, 0.2) is 0 Å². The number of rotatable bonds is 3. The third kappa shape index (κ3) is 3.04. The Kier molecular flexibility index (Phi) is 4.06. The molecule has 1 aromatic rings. The van der Waals surface area contributed by atoms with Crippen LogP contribution in [0, 0.1) is 19.8 Å². The maximum absolute atomic E-state index is 12.6. The number of piperidine rings is 1. The molecule has 4 nitrogen and oxygen atoms in total. The lowest BCUT2D eigenvalue weighted by atomic mass is 10.0. The van der Waals surface area contributed by atoms with Crippen LogP contribution in [0.5, 0.6) is 0 Å². The lowest BCUT2D eigenvalue weighted by Gasteiger charge is -2.29. The van der Waals surface area contributed by atoms with Crippen molar-refractivity contribution < 1.29 is 13.2 Å². The van der Waals surface area contributed by atoms with Crippen LogP contribution in [-0.2, 0) is 14.8 Å². The number of carbonyl (C=O) groups excluding carboxylic acids is 1. The van der Waals surface area contributed by atoms with E-state index in [1.807, 2.05) is 19.9 Å². The number of aryl methyl sites for hydroxylation is 2. The summed E-state index contributed by atoms with van der Waals surface area (Å²) in [6, 6.07) is 5.32. The minimum Gasteiger partial charge on any atom is -0.303 e. The molecule has 1 aliphatic rings. The zero-order chi connectivity index (χ0) is 14.0. The van der Waals surface area contributed by atoms with E-state index in [1.54, 1.807) is 12.1 Å². The van der Waals surface area contributed by atoms with Gasteiger partial charge in [-0.2, -0.15) is 4.31 Å². The Labute approximate surface area is 114 Å². The van der Waals surface area contributed by atoms with Crippen LogP contribution in [0.2, 0.25) is 0 Å². The Balaban J connectivity index is 2.33. The predicted molar refractivity (Wildman–Crippen MR) is 73.5 cm³/mol. The Morgan fingerprint density at radius 3 is 2.42 bits per heavy atom. The third-order valence-electron chi connectivity index (χ3n) is 3.45. The topological polar surface area (TPSA) is 54.5 Å². The molecule has 0 bridgehead atoms. The molecule has 0 spiro atoms. The standard InChI is InChI=1S/C14H19NO3S/c1-11-6-12(2)8-14(7-11)19(17,18)15-5-3-4-13(9-15)10-16/h6-8,10,13H,3-5,9H2,1-2H3. The predicted octanol–water partition coefficient (Wildman–Crippen LogP) is 1.90. The molecule has 5 heteroatoms. The Bertz CT molecular complexity index is 560. The fourth-order valence-electron chi connectivity index (χ4n) is 2.53. The molecular weight excluding hydrogens is 262 g/mol. The van der Waals surface area contributed by atoms with Gasteiger partial charge in [-0.1, -0.05) is 6.07 Å². The number of nitrogens with zero attached hydrogens (tertiary/aromatic N) is 1. The second kappa shape index (κ2) is 5.43. The zero-order valence-electron chi connectivity index (χ0n) is 11.3. The van der Waals surface area contributed by atoms with Crippen LogP contribution in [0.1, 0.15) is 24.0 Å². The van der Waals surface area contributed by atoms with E-state index in [0.29, 0.717) is 18.0 Å². The number of hydrogen-bond donors (Lipinski definition) is 0. The van der Waals surface area contributed by atoms with Crippen molar-refractivity contribution in [2.45, 2.75) is 31.6 Å². The molecule has 0 saturated carbocycles. The average Bonchev–Trinajstić information content (AvgIpc) is 2.37. The van der Waals surface area contributed by atoms with Crippen molar-refractivity contribution in [2.75, 3.05) is 13.1 Å². The molecule has 1 saturated heterocycles. The zero-order valence-corrected chi connectivity index (χ0v) is 12.1. The Hall–Kier alpha value is -1.20. The summed E-state index contributed by atoms with van der Waals surface area (Å²) in [6.45, 7) is 4.57. The molecule has 0 radical (unpaired) electrons. The van der Waals surface area contributed by atoms with Gasteiger partial charge >= 0.3 is 0 Å². The lowest BCUT2D eigenvalue weighted by molar-refractivity contribution is -0.112. The van der Waals surface area contributed by atoms with E-state index in [0.717, 1.165) is 30.3 Å². The highest BCUT2D eigenvalue weighted by molar-refractivity contribution is 7.89. The van der Waals surface area contributed by atoms with Gasteiger partial charge in [0.25, 0.3) is 0 Å². The number of carbonyl (C=O) groups is 1. The van der Waals surface area contributed by atoms with Crippen LogP contribution < -0.4 is 0 Å². The first-order chi connectivity index (χ1) is 8.93. The lowest BCUT2D eigenvalue weighted by Crippen LogP contribution is -2.40. The van der Waals surface area contributed by atoms with Crippen molar-refractivity contribution >= 4 is 16.3 Å². The van der Waals surface area contributed by atoms with Gasteiger partial charge in [0.05, 0.1) is 4.90 Å². The SMILES string of the molecule is Cc1cc(C)cc(S(=O)(=O)N2CCCC(C=O)C2)c1. The van der Waals surface area contributed by atoms with Crippen LogP contribution in [0.15, 0.2) is 23.1 Å². The average molecular weight is 281 g/mol. The molecule has 19 heavy (non-hydrogen) atoms. The molecule has 1 aromatic carbocycles.